The van der Waals surface area contributed by atoms with Crippen molar-refractivity contribution in [3.8, 4) is 0 Å². The molecule has 2 rings (SSSR count). The van der Waals surface area contributed by atoms with Crippen molar-refractivity contribution < 1.29 is 19.1 Å². The van der Waals surface area contributed by atoms with E-state index < -0.39 is 18.1 Å². The van der Waals surface area contributed by atoms with Crippen LogP contribution in [-0.4, -0.2) is 41.3 Å². The Morgan fingerprint density at radius 3 is 2.06 bits per heavy atom. The average molecular weight is 428 g/mol. The Morgan fingerprint density at radius 2 is 1.58 bits per heavy atom. The molecule has 7 nitrogen and oxygen atoms in total. The van der Waals surface area contributed by atoms with Gasteiger partial charge in [0, 0.05) is 30.2 Å². The highest BCUT2D eigenvalue weighted by Crippen LogP contribution is 2.10. The Kier molecular flexibility index (Phi) is 9.94. The number of pyridine rings is 2. The average Bonchev–Trinajstić information content (AvgIpc) is 2.74. The number of hydrogen-bond acceptors (Lipinski definition) is 6. The summed E-state index contributed by atoms with van der Waals surface area (Å²) in [7, 11) is 1.29. The fourth-order valence-electron chi connectivity index (χ4n) is 3.18. The molecular weight excluding hydrogens is 394 g/mol. The highest BCUT2D eigenvalue weighted by molar-refractivity contribution is 5.81. The lowest BCUT2D eigenvalue weighted by atomic mass is 10.1. The van der Waals surface area contributed by atoms with Crippen molar-refractivity contribution in [1.29, 1.82) is 0 Å². The van der Waals surface area contributed by atoms with Gasteiger partial charge in [-0.3, -0.25) is 9.97 Å². The van der Waals surface area contributed by atoms with Gasteiger partial charge in [-0.2, -0.15) is 0 Å². The van der Waals surface area contributed by atoms with E-state index in [-0.39, 0.29) is 12.5 Å². The lowest BCUT2D eigenvalue weighted by Gasteiger charge is -2.17. The Balaban J connectivity index is 1.86. The predicted molar refractivity (Wildman–Crippen MR) is 119 cm³/mol. The van der Waals surface area contributed by atoms with E-state index >= 15 is 0 Å². The summed E-state index contributed by atoms with van der Waals surface area (Å²) in [6.45, 7) is 5.65. The zero-order valence-electron chi connectivity index (χ0n) is 18.9. The lowest BCUT2D eigenvalue weighted by molar-refractivity contribution is -0.143. The van der Waals surface area contributed by atoms with Gasteiger partial charge in [-0.15, -0.1) is 0 Å². The number of nitrogens with one attached hydrogen (secondary N) is 1. The number of esters is 1. The topological polar surface area (TPSA) is 90.4 Å². The van der Waals surface area contributed by atoms with Crippen LogP contribution in [0.2, 0.25) is 0 Å². The molecule has 2 aromatic heterocycles. The van der Waals surface area contributed by atoms with Crippen molar-refractivity contribution in [2.75, 3.05) is 7.11 Å². The second kappa shape index (κ2) is 12.7. The Hall–Kier alpha value is -2.96. The molecule has 0 fully saturated rings. The normalized spacial score (nSPS) is 11.8. The first kappa shape index (κ1) is 24.3. The van der Waals surface area contributed by atoms with Gasteiger partial charge in [0.05, 0.1) is 13.2 Å². The zero-order chi connectivity index (χ0) is 22.6. The van der Waals surface area contributed by atoms with Gasteiger partial charge in [-0.05, 0) is 62.8 Å². The molecule has 1 amide bonds. The minimum absolute atomic E-state index is 0.274. The minimum atomic E-state index is -0.828. The SMILES string of the molecule is CCCc1ccc(CCCc2ccc(C[C@H](NC(=O)OC(C)C)C(=O)OC)cn2)nc1. The van der Waals surface area contributed by atoms with Gasteiger partial charge in [0.1, 0.15) is 6.04 Å². The van der Waals surface area contributed by atoms with Gasteiger partial charge in [0.25, 0.3) is 0 Å². The molecule has 1 atom stereocenters. The quantitative estimate of drug-likeness (QED) is 0.548. The maximum Gasteiger partial charge on any atom is 0.408 e. The molecule has 0 aromatic carbocycles. The number of rotatable bonds is 11. The van der Waals surface area contributed by atoms with Crippen molar-refractivity contribution in [1.82, 2.24) is 15.3 Å². The maximum absolute atomic E-state index is 12.0. The summed E-state index contributed by atoms with van der Waals surface area (Å²) < 4.78 is 9.85. The zero-order valence-corrected chi connectivity index (χ0v) is 18.9. The summed E-state index contributed by atoms with van der Waals surface area (Å²) in [6, 6.07) is 7.30. The van der Waals surface area contributed by atoms with Gasteiger partial charge in [-0.25, -0.2) is 9.59 Å². The van der Waals surface area contributed by atoms with Crippen LogP contribution in [0.3, 0.4) is 0 Å². The van der Waals surface area contributed by atoms with E-state index in [0.717, 1.165) is 49.1 Å². The maximum atomic E-state index is 12.0. The van der Waals surface area contributed by atoms with Crippen molar-refractivity contribution in [2.24, 2.45) is 0 Å². The molecule has 0 bridgehead atoms. The highest BCUT2D eigenvalue weighted by atomic mass is 16.6. The van der Waals surface area contributed by atoms with Crippen LogP contribution in [0.1, 0.15) is 56.1 Å². The molecule has 0 saturated heterocycles. The largest absolute Gasteiger partial charge is 0.467 e. The minimum Gasteiger partial charge on any atom is -0.467 e. The van der Waals surface area contributed by atoms with Crippen LogP contribution in [0.25, 0.3) is 0 Å². The molecular formula is C24H33N3O4. The molecule has 0 unspecified atom stereocenters. The molecule has 2 heterocycles. The lowest BCUT2D eigenvalue weighted by Crippen LogP contribution is -2.43. The van der Waals surface area contributed by atoms with Crippen molar-refractivity contribution in [2.45, 2.75) is 71.4 Å². The summed E-state index contributed by atoms with van der Waals surface area (Å²) in [4.78, 5) is 32.9. The van der Waals surface area contributed by atoms with E-state index in [1.807, 2.05) is 18.3 Å². The Bertz CT molecular complexity index is 820. The Labute approximate surface area is 184 Å². The molecule has 2 aromatic rings. The molecule has 168 valence electrons. The van der Waals surface area contributed by atoms with Gasteiger partial charge in [-0.1, -0.05) is 25.5 Å². The van der Waals surface area contributed by atoms with Gasteiger partial charge >= 0.3 is 12.1 Å². The summed E-state index contributed by atoms with van der Waals surface area (Å²) in [6.07, 6.45) is 7.96. The fourth-order valence-corrected chi connectivity index (χ4v) is 3.18. The van der Waals surface area contributed by atoms with Crippen molar-refractivity contribution in [3.63, 3.8) is 0 Å². The third-order valence-corrected chi connectivity index (χ3v) is 4.74. The number of ether oxygens (including phenoxy) is 2. The summed E-state index contributed by atoms with van der Waals surface area (Å²) in [5, 5.41) is 2.56. The number of aryl methyl sites for hydroxylation is 3. The third-order valence-electron chi connectivity index (χ3n) is 4.74. The van der Waals surface area contributed by atoms with E-state index in [2.05, 4.69) is 34.3 Å². The van der Waals surface area contributed by atoms with Crippen LogP contribution in [0.15, 0.2) is 36.7 Å². The van der Waals surface area contributed by atoms with Crippen molar-refractivity contribution >= 4 is 12.1 Å². The summed E-state index contributed by atoms with van der Waals surface area (Å²) >= 11 is 0. The fraction of sp³-hybridized carbons (Fsp3) is 0.500. The van der Waals surface area contributed by atoms with E-state index in [9.17, 15) is 9.59 Å². The standard InChI is InChI=1S/C24H33N3O4/c1-5-7-18-10-12-20(25-15-18)8-6-9-21-13-11-19(16-26-21)14-22(23(28)30-4)27-24(29)31-17(2)3/h10-13,15-17,22H,5-9,14H2,1-4H3,(H,27,29)/t22-/m0/s1. The highest BCUT2D eigenvalue weighted by Gasteiger charge is 2.23. The van der Waals surface area contributed by atoms with Crippen LogP contribution in [0, 0.1) is 0 Å². The monoisotopic (exact) mass is 427 g/mol. The molecule has 31 heavy (non-hydrogen) atoms. The second-order valence-corrected chi connectivity index (χ2v) is 7.80. The second-order valence-electron chi connectivity index (χ2n) is 7.80. The number of methoxy groups -OCH3 is 1. The van der Waals surface area contributed by atoms with E-state index in [1.54, 1.807) is 20.0 Å². The molecule has 0 aliphatic rings. The summed E-state index contributed by atoms with van der Waals surface area (Å²) in [5.41, 5.74) is 4.18. The Morgan fingerprint density at radius 1 is 0.968 bits per heavy atom. The predicted octanol–water partition coefficient (Wildman–Crippen LogP) is 3.82. The van der Waals surface area contributed by atoms with Crippen LogP contribution in [0.4, 0.5) is 4.79 Å². The van der Waals surface area contributed by atoms with E-state index in [1.165, 1.54) is 12.7 Å². The van der Waals surface area contributed by atoms with Crippen LogP contribution in [0.5, 0.6) is 0 Å². The first-order valence-electron chi connectivity index (χ1n) is 10.8. The van der Waals surface area contributed by atoms with Gasteiger partial charge in [0.15, 0.2) is 0 Å². The number of carbonyl (C=O) groups excluding carboxylic acids is 2. The summed E-state index contributed by atoms with van der Waals surface area (Å²) in [5.74, 6) is -0.526. The number of hydrogen-bond donors (Lipinski definition) is 1. The third kappa shape index (κ3) is 8.74. The van der Waals surface area contributed by atoms with Gasteiger partial charge in [0.2, 0.25) is 0 Å². The molecule has 0 aliphatic carbocycles. The number of aromatic nitrogens is 2. The van der Waals surface area contributed by atoms with E-state index in [4.69, 9.17) is 9.47 Å². The first-order chi connectivity index (χ1) is 14.9. The number of alkyl carbamates (subject to hydrolysis) is 1. The molecule has 0 saturated carbocycles. The number of nitrogens with zero attached hydrogens (tertiary/aromatic N) is 2. The molecule has 7 heteroatoms. The first-order valence-corrected chi connectivity index (χ1v) is 10.8. The van der Waals surface area contributed by atoms with Crippen LogP contribution < -0.4 is 5.32 Å². The molecule has 0 spiro atoms. The van der Waals surface area contributed by atoms with E-state index in [0.29, 0.717) is 0 Å². The number of carbonyl (C=O) groups is 2. The smallest absolute Gasteiger partial charge is 0.408 e. The van der Waals surface area contributed by atoms with Crippen LogP contribution in [-0.2, 0) is 40.0 Å². The molecule has 0 aliphatic heterocycles. The molecule has 0 radical (unpaired) electrons. The van der Waals surface area contributed by atoms with Crippen molar-refractivity contribution in [3.05, 3.63) is 59.2 Å². The molecule has 1 N–H and O–H groups in total. The van der Waals surface area contributed by atoms with Gasteiger partial charge < -0.3 is 14.8 Å². The number of amides is 1. The van der Waals surface area contributed by atoms with Crippen LogP contribution >= 0.6 is 0 Å².